The molecule has 0 bridgehead atoms. The fourth-order valence-electron chi connectivity index (χ4n) is 1.66. The molecule has 0 atom stereocenters. The summed E-state index contributed by atoms with van der Waals surface area (Å²) in [4.78, 5) is 4.20. The molecule has 98 valence electrons. The van der Waals surface area contributed by atoms with Crippen LogP contribution < -0.4 is 10.6 Å². The molecular formula is C14H14ClN3S. The van der Waals surface area contributed by atoms with Gasteiger partial charge in [-0.2, -0.15) is 0 Å². The highest BCUT2D eigenvalue weighted by Crippen LogP contribution is 2.20. The number of aromatic nitrogens is 1. The molecule has 2 N–H and O–H groups in total. The Labute approximate surface area is 123 Å². The highest BCUT2D eigenvalue weighted by molar-refractivity contribution is 7.80. The third kappa shape index (κ3) is 3.66. The average Bonchev–Trinajstić information content (AvgIpc) is 2.36. The first-order valence-electron chi connectivity index (χ1n) is 5.82. The minimum Gasteiger partial charge on any atom is -0.332 e. The van der Waals surface area contributed by atoms with E-state index in [0.29, 0.717) is 10.1 Å². The van der Waals surface area contributed by atoms with E-state index < -0.39 is 0 Å². The Kier molecular flexibility index (Phi) is 4.35. The van der Waals surface area contributed by atoms with Gasteiger partial charge >= 0.3 is 0 Å². The molecule has 19 heavy (non-hydrogen) atoms. The molecule has 5 heteroatoms. The van der Waals surface area contributed by atoms with Gasteiger partial charge < -0.3 is 10.6 Å². The maximum absolute atomic E-state index is 5.92. The first-order valence-corrected chi connectivity index (χ1v) is 6.60. The molecule has 0 fully saturated rings. The number of rotatable bonds is 2. The SMILES string of the molecule is Cc1cc(Cl)ccc1NC(=S)Nc1cccnc1C. The largest absolute Gasteiger partial charge is 0.332 e. The Morgan fingerprint density at radius 3 is 2.58 bits per heavy atom. The Morgan fingerprint density at radius 1 is 1.16 bits per heavy atom. The van der Waals surface area contributed by atoms with Gasteiger partial charge in [-0.3, -0.25) is 4.98 Å². The monoisotopic (exact) mass is 291 g/mol. The highest BCUT2D eigenvalue weighted by atomic mass is 35.5. The summed E-state index contributed by atoms with van der Waals surface area (Å²) in [5.41, 5.74) is 3.77. The minimum absolute atomic E-state index is 0.529. The third-order valence-electron chi connectivity index (χ3n) is 2.69. The van der Waals surface area contributed by atoms with Crippen LogP contribution in [0.1, 0.15) is 11.3 Å². The molecule has 0 saturated heterocycles. The zero-order valence-corrected chi connectivity index (χ0v) is 12.3. The minimum atomic E-state index is 0.529. The predicted octanol–water partition coefficient (Wildman–Crippen LogP) is 4.16. The van der Waals surface area contributed by atoms with Crippen molar-refractivity contribution in [3.05, 3.63) is 52.8 Å². The van der Waals surface area contributed by atoms with E-state index in [4.69, 9.17) is 23.8 Å². The smallest absolute Gasteiger partial charge is 0.175 e. The number of hydrogen-bond acceptors (Lipinski definition) is 2. The molecule has 0 aliphatic carbocycles. The van der Waals surface area contributed by atoms with E-state index in [1.54, 1.807) is 6.20 Å². The Bertz CT molecular complexity index is 613. The van der Waals surface area contributed by atoms with Gasteiger partial charge in [0, 0.05) is 16.9 Å². The number of pyridine rings is 1. The number of anilines is 2. The van der Waals surface area contributed by atoms with Crippen LogP contribution in [0.4, 0.5) is 11.4 Å². The number of nitrogens with one attached hydrogen (secondary N) is 2. The van der Waals surface area contributed by atoms with Crippen molar-refractivity contribution in [3.63, 3.8) is 0 Å². The van der Waals surface area contributed by atoms with Crippen LogP contribution in [0.25, 0.3) is 0 Å². The van der Waals surface area contributed by atoms with Crippen LogP contribution in [-0.2, 0) is 0 Å². The maximum atomic E-state index is 5.92. The van der Waals surface area contributed by atoms with Gasteiger partial charge in [-0.25, -0.2) is 0 Å². The van der Waals surface area contributed by atoms with Gasteiger partial charge in [0.2, 0.25) is 0 Å². The third-order valence-corrected chi connectivity index (χ3v) is 3.13. The van der Waals surface area contributed by atoms with Crippen molar-refractivity contribution >= 4 is 40.3 Å². The van der Waals surface area contributed by atoms with Crippen molar-refractivity contribution in [2.24, 2.45) is 0 Å². The maximum Gasteiger partial charge on any atom is 0.175 e. The molecule has 0 aliphatic heterocycles. The van der Waals surface area contributed by atoms with Crippen LogP contribution in [0.5, 0.6) is 0 Å². The van der Waals surface area contributed by atoms with Gasteiger partial charge in [-0.05, 0) is 62.0 Å². The average molecular weight is 292 g/mol. The zero-order chi connectivity index (χ0) is 13.8. The molecule has 1 aromatic carbocycles. The van der Waals surface area contributed by atoms with Crippen molar-refractivity contribution in [2.45, 2.75) is 13.8 Å². The van der Waals surface area contributed by atoms with E-state index in [9.17, 15) is 0 Å². The summed E-state index contributed by atoms with van der Waals surface area (Å²) in [5.74, 6) is 0. The van der Waals surface area contributed by atoms with Crippen LogP contribution >= 0.6 is 23.8 Å². The number of nitrogens with zero attached hydrogens (tertiary/aromatic N) is 1. The first kappa shape index (κ1) is 13.8. The Morgan fingerprint density at radius 2 is 1.89 bits per heavy atom. The number of hydrogen-bond donors (Lipinski definition) is 2. The normalized spacial score (nSPS) is 10.1. The molecule has 0 spiro atoms. The lowest BCUT2D eigenvalue weighted by atomic mass is 10.2. The predicted molar refractivity (Wildman–Crippen MR) is 85.0 cm³/mol. The van der Waals surface area contributed by atoms with Crippen LogP contribution in [0.15, 0.2) is 36.5 Å². The molecule has 2 aromatic rings. The topological polar surface area (TPSA) is 37.0 Å². The molecule has 3 nitrogen and oxygen atoms in total. The molecule has 0 saturated carbocycles. The summed E-state index contributed by atoms with van der Waals surface area (Å²) in [6.45, 7) is 3.91. The van der Waals surface area contributed by atoms with E-state index in [-0.39, 0.29) is 0 Å². The van der Waals surface area contributed by atoms with Crippen molar-refractivity contribution in [1.82, 2.24) is 4.98 Å². The summed E-state index contributed by atoms with van der Waals surface area (Å²) in [6.07, 6.45) is 1.75. The molecule has 0 unspecified atom stereocenters. The van der Waals surface area contributed by atoms with Crippen LogP contribution in [0.2, 0.25) is 5.02 Å². The highest BCUT2D eigenvalue weighted by Gasteiger charge is 2.04. The van der Waals surface area contributed by atoms with E-state index >= 15 is 0 Å². The first-order chi connectivity index (χ1) is 9.06. The van der Waals surface area contributed by atoms with Crippen molar-refractivity contribution in [3.8, 4) is 0 Å². The van der Waals surface area contributed by atoms with Crippen LogP contribution in [0.3, 0.4) is 0 Å². The van der Waals surface area contributed by atoms with E-state index in [1.807, 2.05) is 44.2 Å². The van der Waals surface area contributed by atoms with E-state index in [1.165, 1.54) is 0 Å². The molecule has 1 heterocycles. The lowest BCUT2D eigenvalue weighted by Gasteiger charge is -2.13. The quantitative estimate of drug-likeness (QED) is 0.815. The van der Waals surface area contributed by atoms with E-state index in [2.05, 4.69) is 15.6 Å². The van der Waals surface area contributed by atoms with Gasteiger partial charge in [-0.1, -0.05) is 11.6 Å². The van der Waals surface area contributed by atoms with Crippen molar-refractivity contribution in [2.75, 3.05) is 10.6 Å². The fraction of sp³-hybridized carbons (Fsp3) is 0.143. The summed E-state index contributed by atoms with van der Waals surface area (Å²) < 4.78 is 0. The van der Waals surface area contributed by atoms with Gasteiger partial charge in [0.15, 0.2) is 5.11 Å². The number of benzene rings is 1. The number of aryl methyl sites for hydroxylation is 2. The summed E-state index contributed by atoms with van der Waals surface area (Å²) in [5, 5.41) is 7.51. The number of thiocarbonyl (C=S) groups is 1. The van der Waals surface area contributed by atoms with Gasteiger partial charge in [0.05, 0.1) is 11.4 Å². The van der Waals surface area contributed by atoms with Crippen molar-refractivity contribution in [1.29, 1.82) is 0 Å². The molecule has 0 aliphatic rings. The number of halogens is 1. The summed E-state index contributed by atoms with van der Waals surface area (Å²) in [6, 6.07) is 9.43. The molecular weight excluding hydrogens is 278 g/mol. The Hall–Kier alpha value is -1.65. The van der Waals surface area contributed by atoms with Crippen LogP contribution in [0, 0.1) is 13.8 Å². The van der Waals surface area contributed by atoms with Gasteiger partial charge in [-0.15, -0.1) is 0 Å². The summed E-state index contributed by atoms with van der Waals surface area (Å²) >= 11 is 11.2. The Balaban J connectivity index is 2.08. The standard InChI is InChI=1S/C14H14ClN3S/c1-9-8-11(15)5-6-12(9)17-14(19)18-13-4-3-7-16-10(13)2/h3-8H,1-2H3,(H2,17,18,19). The molecule has 1 aromatic heterocycles. The second kappa shape index (κ2) is 5.99. The fourth-order valence-corrected chi connectivity index (χ4v) is 2.11. The summed E-state index contributed by atoms with van der Waals surface area (Å²) in [7, 11) is 0. The lowest BCUT2D eigenvalue weighted by Crippen LogP contribution is -2.20. The molecule has 2 rings (SSSR count). The van der Waals surface area contributed by atoms with E-state index in [0.717, 1.165) is 22.6 Å². The lowest BCUT2D eigenvalue weighted by molar-refractivity contribution is 1.20. The van der Waals surface area contributed by atoms with Gasteiger partial charge in [0.1, 0.15) is 0 Å². The van der Waals surface area contributed by atoms with Gasteiger partial charge in [0.25, 0.3) is 0 Å². The second-order valence-corrected chi connectivity index (χ2v) is 5.02. The van der Waals surface area contributed by atoms with Crippen LogP contribution in [-0.4, -0.2) is 10.1 Å². The molecule has 0 radical (unpaired) electrons. The van der Waals surface area contributed by atoms with Crippen molar-refractivity contribution < 1.29 is 0 Å². The molecule has 0 amide bonds. The zero-order valence-electron chi connectivity index (χ0n) is 10.7. The second-order valence-electron chi connectivity index (χ2n) is 4.17.